The zero-order valence-electron chi connectivity index (χ0n) is 10.6. The minimum atomic E-state index is -3.83. The maximum absolute atomic E-state index is 12.4. The first-order valence-corrected chi connectivity index (χ1v) is 8.47. The van der Waals surface area contributed by atoms with Gasteiger partial charge in [-0.1, -0.05) is 39.7 Å². The zero-order chi connectivity index (χ0) is 15.5. The molecular formula is C15H9BrClNO2S. The van der Waals surface area contributed by atoms with Crippen LogP contribution in [0.3, 0.4) is 0 Å². The summed E-state index contributed by atoms with van der Waals surface area (Å²) in [5.41, 5.74) is 0.594. The van der Waals surface area contributed by atoms with Gasteiger partial charge in [-0.15, -0.1) is 0 Å². The van der Waals surface area contributed by atoms with Crippen molar-refractivity contribution in [3.8, 4) is 6.07 Å². The van der Waals surface area contributed by atoms with Crippen molar-refractivity contribution in [3.05, 3.63) is 68.5 Å². The largest absolute Gasteiger partial charge is 0.218 e. The van der Waals surface area contributed by atoms with Gasteiger partial charge in [-0.25, -0.2) is 8.42 Å². The van der Waals surface area contributed by atoms with Gasteiger partial charge < -0.3 is 0 Å². The third kappa shape index (κ3) is 3.73. The molecule has 2 aromatic carbocycles. The van der Waals surface area contributed by atoms with Crippen LogP contribution < -0.4 is 0 Å². The van der Waals surface area contributed by atoms with E-state index in [9.17, 15) is 8.42 Å². The molecule has 3 nitrogen and oxygen atoms in total. The Morgan fingerprint density at radius 2 is 1.67 bits per heavy atom. The number of allylic oxidation sites excluding steroid dienone is 1. The Balaban J connectivity index is 2.47. The summed E-state index contributed by atoms with van der Waals surface area (Å²) < 4.78 is 25.6. The van der Waals surface area contributed by atoms with Crippen molar-refractivity contribution in [2.75, 3.05) is 0 Å². The number of nitrogens with zero attached hydrogens (tertiary/aromatic N) is 1. The van der Waals surface area contributed by atoms with Crippen LogP contribution >= 0.6 is 27.5 Å². The first-order chi connectivity index (χ1) is 9.93. The lowest BCUT2D eigenvalue weighted by molar-refractivity contribution is 0.603. The Morgan fingerprint density at radius 3 is 2.19 bits per heavy atom. The molecule has 0 heterocycles. The molecule has 2 aromatic rings. The molecule has 0 radical (unpaired) electrons. The molecule has 0 N–H and O–H groups in total. The molecule has 0 atom stereocenters. The van der Waals surface area contributed by atoms with E-state index in [1.807, 2.05) is 0 Å². The molecule has 0 spiro atoms. The second kappa shape index (κ2) is 6.44. The quantitative estimate of drug-likeness (QED) is 0.737. The van der Waals surface area contributed by atoms with Gasteiger partial charge in [0.25, 0.3) is 0 Å². The zero-order valence-corrected chi connectivity index (χ0v) is 13.8. The van der Waals surface area contributed by atoms with Crippen LogP contribution in [0.25, 0.3) is 6.08 Å². The summed E-state index contributed by atoms with van der Waals surface area (Å²) in [5.74, 6) is 0. The lowest BCUT2D eigenvalue weighted by Crippen LogP contribution is -2.03. The topological polar surface area (TPSA) is 57.9 Å². The average molecular weight is 383 g/mol. The third-order valence-corrected chi connectivity index (χ3v) is 5.15. The molecule has 2 rings (SSSR count). The fourth-order valence-electron chi connectivity index (χ4n) is 1.62. The van der Waals surface area contributed by atoms with E-state index in [2.05, 4.69) is 15.9 Å². The van der Waals surface area contributed by atoms with Crippen molar-refractivity contribution < 1.29 is 8.42 Å². The van der Waals surface area contributed by atoms with Crippen LogP contribution in [0.5, 0.6) is 0 Å². The van der Waals surface area contributed by atoms with Gasteiger partial charge in [0.1, 0.15) is 11.0 Å². The van der Waals surface area contributed by atoms with Crippen LogP contribution in [0.15, 0.2) is 62.8 Å². The molecule has 6 heteroatoms. The van der Waals surface area contributed by atoms with Gasteiger partial charge in [0.15, 0.2) is 0 Å². The number of hydrogen-bond acceptors (Lipinski definition) is 3. The second-order valence-corrected chi connectivity index (χ2v) is 7.40. The highest BCUT2D eigenvalue weighted by atomic mass is 79.9. The molecule has 0 unspecified atom stereocenters. The maximum atomic E-state index is 12.4. The van der Waals surface area contributed by atoms with Crippen molar-refractivity contribution in [3.63, 3.8) is 0 Å². The van der Waals surface area contributed by atoms with E-state index < -0.39 is 9.84 Å². The monoisotopic (exact) mass is 381 g/mol. The molecular weight excluding hydrogens is 374 g/mol. The van der Waals surface area contributed by atoms with E-state index >= 15 is 0 Å². The average Bonchev–Trinajstić information content (AvgIpc) is 2.47. The van der Waals surface area contributed by atoms with Crippen LogP contribution in [0.1, 0.15) is 5.56 Å². The fourth-order valence-corrected chi connectivity index (χ4v) is 3.17. The normalized spacial score (nSPS) is 12.0. The van der Waals surface area contributed by atoms with Crippen LogP contribution in [-0.2, 0) is 9.84 Å². The lowest BCUT2D eigenvalue weighted by atomic mass is 10.2. The van der Waals surface area contributed by atoms with Crippen LogP contribution in [0.2, 0.25) is 5.02 Å². The first kappa shape index (κ1) is 15.8. The highest BCUT2D eigenvalue weighted by Gasteiger charge is 2.20. The molecule has 0 aliphatic heterocycles. The molecule has 21 heavy (non-hydrogen) atoms. The summed E-state index contributed by atoms with van der Waals surface area (Å²) in [6.45, 7) is 0. The SMILES string of the molecule is N#C/C(=C\c1ccc(Cl)cc1)S(=O)(=O)c1ccc(Br)cc1. The van der Waals surface area contributed by atoms with Crippen molar-refractivity contribution >= 4 is 43.4 Å². The van der Waals surface area contributed by atoms with Gasteiger partial charge in [0.05, 0.1) is 4.90 Å². The molecule has 0 amide bonds. The summed E-state index contributed by atoms with van der Waals surface area (Å²) in [7, 11) is -3.83. The van der Waals surface area contributed by atoms with Crippen molar-refractivity contribution in [1.82, 2.24) is 0 Å². The van der Waals surface area contributed by atoms with Crippen molar-refractivity contribution in [2.45, 2.75) is 4.90 Å². The number of hydrogen-bond donors (Lipinski definition) is 0. The Kier molecular flexibility index (Phi) is 4.84. The Hall–Kier alpha value is -1.61. The molecule has 0 aliphatic carbocycles. The maximum Gasteiger partial charge on any atom is 0.216 e. The summed E-state index contributed by atoms with van der Waals surface area (Å²) in [6, 6.07) is 14.4. The van der Waals surface area contributed by atoms with E-state index in [4.69, 9.17) is 16.9 Å². The smallest absolute Gasteiger partial charge is 0.216 e. The van der Waals surface area contributed by atoms with Gasteiger partial charge in [0, 0.05) is 9.50 Å². The van der Waals surface area contributed by atoms with Gasteiger partial charge >= 0.3 is 0 Å². The number of benzene rings is 2. The van der Waals surface area contributed by atoms with Gasteiger partial charge in [-0.2, -0.15) is 5.26 Å². The highest BCUT2D eigenvalue weighted by Crippen LogP contribution is 2.23. The molecule has 0 saturated heterocycles. The predicted molar refractivity (Wildman–Crippen MR) is 86.4 cm³/mol. The highest BCUT2D eigenvalue weighted by molar-refractivity contribution is 9.10. The Morgan fingerprint density at radius 1 is 1.10 bits per heavy atom. The van der Waals surface area contributed by atoms with Crippen LogP contribution in [-0.4, -0.2) is 8.42 Å². The summed E-state index contributed by atoms with van der Waals surface area (Å²) in [6.07, 6.45) is 1.33. The fraction of sp³-hybridized carbons (Fsp3) is 0. The van der Waals surface area contributed by atoms with E-state index in [0.29, 0.717) is 10.6 Å². The lowest BCUT2D eigenvalue weighted by Gasteiger charge is -2.03. The second-order valence-electron chi connectivity index (χ2n) is 4.13. The third-order valence-electron chi connectivity index (χ3n) is 2.69. The number of sulfone groups is 1. The summed E-state index contributed by atoms with van der Waals surface area (Å²) in [5, 5.41) is 9.70. The van der Waals surface area contributed by atoms with Crippen LogP contribution in [0, 0.1) is 11.3 Å². The summed E-state index contributed by atoms with van der Waals surface area (Å²) >= 11 is 9.01. The number of rotatable bonds is 3. The van der Waals surface area contributed by atoms with E-state index in [1.165, 1.54) is 18.2 Å². The molecule has 0 saturated carbocycles. The predicted octanol–water partition coefficient (Wildman–Crippen LogP) is 4.44. The molecule has 0 aromatic heterocycles. The van der Waals surface area contributed by atoms with Gasteiger partial charge in [-0.3, -0.25) is 0 Å². The molecule has 0 fully saturated rings. The van der Waals surface area contributed by atoms with Gasteiger partial charge in [0.2, 0.25) is 9.84 Å². The van der Waals surface area contributed by atoms with E-state index in [0.717, 1.165) is 4.47 Å². The van der Waals surface area contributed by atoms with E-state index in [-0.39, 0.29) is 9.80 Å². The molecule has 0 aliphatic rings. The number of halogens is 2. The first-order valence-electron chi connectivity index (χ1n) is 5.81. The van der Waals surface area contributed by atoms with E-state index in [1.54, 1.807) is 42.5 Å². The van der Waals surface area contributed by atoms with Crippen molar-refractivity contribution in [2.24, 2.45) is 0 Å². The molecule has 0 bridgehead atoms. The van der Waals surface area contributed by atoms with Crippen molar-refractivity contribution in [1.29, 1.82) is 5.26 Å². The molecule has 106 valence electrons. The number of nitriles is 1. The van der Waals surface area contributed by atoms with Gasteiger partial charge in [-0.05, 0) is 48.0 Å². The standard InChI is InChI=1S/C15H9BrClNO2S/c16-12-3-7-14(8-4-12)21(19,20)15(10-18)9-11-1-5-13(17)6-2-11/h1-9H/b15-9+. The van der Waals surface area contributed by atoms with Crippen LogP contribution in [0.4, 0.5) is 0 Å². The minimum Gasteiger partial charge on any atom is -0.218 e. The minimum absolute atomic E-state index is 0.0764. The Bertz CT molecular complexity index is 819. The Labute approximate surface area is 136 Å². The summed E-state index contributed by atoms with van der Waals surface area (Å²) in [4.78, 5) is -0.236.